The van der Waals surface area contributed by atoms with Crippen molar-refractivity contribution in [1.82, 2.24) is 10.2 Å². The molecule has 4 aromatic rings. The van der Waals surface area contributed by atoms with Crippen LogP contribution in [0.15, 0.2) is 77.7 Å². The van der Waals surface area contributed by atoms with Crippen LogP contribution in [0, 0.1) is 0 Å². The van der Waals surface area contributed by atoms with Crippen molar-refractivity contribution in [2.75, 3.05) is 11.6 Å². The van der Waals surface area contributed by atoms with E-state index in [-0.39, 0.29) is 5.91 Å². The monoisotopic (exact) mass is 385 g/mol. The van der Waals surface area contributed by atoms with E-state index < -0.39 is 0 Å². The maximum absolute atomic E-state index is 12.6. The van der Waals surface area contributed by atoms with Crippen LogP contribution in [0.4, 0.5) is 5.69 Å². The largest absolute Gasteiger partial charge is 0.321 e. The molecule has 4 nitrogen and oxygen atoms in total. The highest BCUT2D eigenvalue weighted by atomic mass is 32.2. The molecule has 28 heavy (non-hydrogen) atoms. The van der Waals surface area contributed by atoms with E-state index in [4.69, 9.17) is 0 Å². The number of nitrogens with one attached hydrogen (secondary N) is 2. The Hall–Kier alpha value is -3.31. The maximum Gasteiger partial charge on any atom is 0.255 e. The second-order valence-corrected chi connectivity index (χ2v) is 7.14. The van der Waals surface area contributed by atoms with Crippen LogP contribution in [-0.4, -0.2) is 22.4 Å². The molecule has 0 aliphatic heterocycles. The summed E-state index contributed by atoms with van der Waals surface area (Å²) in [7, 11) is 0. The number of anilines is 1. The first-order valence-electron chi connectivity index (χ1n) is 8.90. The summed E-state index contributed by atoms with van der Waals surface area (Å²) in [6.07, 6.45) is 5.94. The van der Waals surface area contributed by atoms with Gasteiger partial charge in [-0.3, -0.25) is 9.89 Å². The predicted octanol–water partition coefficient (Wildman–Crippen LogP) is 5.71. The van der Waals surface area contributed by atoms with Crippen LogP contribution in [-0.2, 0) is 0 Å². The molecular weight excluding hydrogens is 366 g/mol. The Morgan fingerprint density at radius 2 is 1.71 bits per heavy atom. The molecule has 0 spiro atoms. The van der Waals surface area contributed by atoms with Crippen molar-refractivity contribution >= 4 is 46.4 Å². The summed E-state index contributed by atoms with van der Waals surface area (Å²) in [5.74, 6) is -0.126. The number of rotatable bonds is 5. The average molecular weight is 385 g/mol. The SMILES string of the molecule is CSc1ccc(C(=O)Nc2ccccc2/C=C/c2n[nH]c3ccccc23)cc1. The number of nitrogens with zero attached hydrogens (tertiary/aromatic N) is 1. The van der Waals surface area contributed by atoms with E-state index in [1.807, 2.05) is 91.2 Å². The normalized spacial score (nSPS) is 11.2. The van der Waals surface area contributed by atoms with E-state index in [1.54, 1.807) is 11.8 Å². The summed E-state index contributed by atoms with van der Waals surface area (Å²) < 4.78 is 0. The lowest BCUT2D eigenvalue weighted by Gasteiger charge is -2.09. The second-order valence-electron chi connectivity index (χ2n) is 6.26. The third kappa shape index (κ3) is 3.85. The summed E-state index contributed by atoms with van der Waals surface area (Å²) in [6, 6.07) is 23.3. The van der Waals surface area contributed by atoms with Crippen LogP contribution >= 0.6 is 11.8 Å². The van der Waals surface area contributed by atoms with Crippen LogP contribution in [0.1, 0.15) is 21.6 Å². The molecule has 5 heteroatoms. The predicted molar refractivity (Wildman–Crippen MR) is 118 cm³/mol. The number of thioether (sulfide) groups is 1. The zero-order valence-corrected chi connectivity index (χ0v) is 16.2. The molecule has 0 unspecified atom stereocenters. The molecule has 0 aliphatic carbocycles. The molecular formula is C23H19N3OS. The fraction of sp³-hybridized carbons (Fsp3) is 0.0435. The number of aromatic amines is 1. The fourth-order valence-corrected chi connectivity index (χ4v) is 3.38. The van der Waals surface area contributed by atoms with Crippen molar-refractivity contribution in [2.45, 2.75) is 4.90 Å². The zero-order valence-electron chi connectivity index (χ0n) is 15.3. The molecule has 1 aromatic heterocycles. The first kappa shape index (κ1) is 18.1. The molecule has 0 radical (unpaired) electrons. The molecule has 4 rings (SSSR count). The smallest absolute Gasteiger partial charge is 0.255 e. The highest BCUT2D eigenvalue weighted by molar-refractivity contribution is 7.98. The minimum atomic E-state index is -0.126. The number of hydrogen-bond donors (Lipinski definition) is 2. The van der Waals surface area contributed by atoms with Gasteiger partial charge in [-0.2, -0.15) is 5.10 Å². The van der Waals surface area contributed by atoms with Crippen molar-refractivity contribution in [2.24, 2.45) is 0 Å². The highest BCUT2D eigenvalue weighted by Gasteiger charge is 2.08. The van der Waals surface area contributed by atoms with Crippen LogP contribution in [0.3, 0.4) is 0 Å². The van der Waals surface area contributed by atoms with E-state index >= 15 is 0 Å². The number of carbonyl (C=O) groups excluding carboxylic acids is 1. The lowest BCUT2D eigenvalue weighted by atomic mass is 10.1. The molecule has 0 atom stereocenters. The van der Waals surface area contributed by atoms with Crippen molar-refractivity contribution in [3.63, 3.8) is 0 Å². The Balaban J connectivity index is 1.57. The number of hydrogen-bond acceptors (Lipinski definition) is 3. The van der Waals surface area contributed by atoms with Gasteiger partial charge in [-0.05, 0) is 54.3 Å². The van der Waals surface area contributed by atoms with Gasteiger partial charge in [0.2, 0.25) is 0 Å². The molecule has 0 saturated heterocycles. The Kier molecular flexibility index (Phi) is 5.26. The van der Waals surface area contributed by atoms with Gasteiger partial charge in [0.15, 0.2) is 0 Å². The Morgan fingerprint density at radius 3 is 2.54 bits per heavy atom. The standard InChI is InChI=1S/C23H19N3OS/c1-28-18-13-10-17(11-14-18)23(27)24-20-8-4-2-6-16(20)12-15-22-19-7-3-5-9-21(19)25-26-22/h2-15H,1H3,(H,24,27)(H,25,26)/b15-12+. The van der Waals surface area contributed by atoms with Crippen LogP contribution in [0.5, 0.6) is 0 Å². The first-order chi connectivity index (χ1) is 13.7. The van der Waals surface area contributed by atoms with E-state index in [2.05, 4.69) is 15.5 Å². The Labute approximate surface area is 167 Å². The van der Waals surface area contributed by atoms with E-state index in [9.17, 15) is 4.79 Å². The number of amides is 1. The molecule has 1 amide bonds. The molecule has 0 saturated carbocycles. The van der Waals surface area contributed by atoms with Gasteiger partial charge >= 0.3 is 0 Å². The number of aromatic nitrogens is 2. The van der Waals surface area contributed by atoms with Crippen molar-refractivity contribution in [3.05, 3.63) is 89.6 Å². The quantitative estimate of drug-likeness (QED) is 0.433. The number of H-pyrrole nitrogens is 1. The lowest BCUT2D eigenvalue weighted by molar-refractivity contribution is 0.102. The summed E-state index contributed by atoms with van der Waals surface area (Å²) >= 11 is 1.65. The Bertz CT molecular complexity index is 1150. The fourth-order valence-electron chi connectivity index (χ4n) is 2.97. The number of carbonyl (C=O) groups is 1. The molecule has 0 bridgehead atoms. The average Bonchev–Trinajstić information content (AvgIpc) is 3.16. The minimum Gasteiger partial charge on any atom is -0.321 e. The van der Waals surface area contributed by atoms with Crippen LogP contribution in [0.25, 0.3) is 23.1 Å². The number of benzene rings is 3. The van der Waals surface area contributed by atoms with Crippen LogP contribution in [0.2, 0.25) is 0 Å². The molecule has 138 valence electrons. The number of para-hydroxylation sites is 2. The van der Waals surface area contributed by atoms with Gasteiger partial charge in [0.05, 0.1) is 11.2 Å². The van der Waals surface area contributed by atoms with Gasteiger partial charge in [0.1, 0.15) is 0 Å². The molecule has 0 aliphatic rings. The van der Waals surface area contributed by atoms with Gasteiger partial charge in [0.25, 0.3) is 5.91 Å². The van der Waals surface area contributed by atoms with Gasteiger partial charge in [-0.15, -0.1) is 11.8 Å². The summed E-state index contributed by atoms with van der Waals surface area (Å²) in [5, 5.41) is 11.5. The molecule has 1 heterocycles. The summed E-state index contributed by atoms with van der Waals surface area (Å²) in [5.41, 5.74) is 4.18. The summed E-state index contributed by atoms with van der Waals surface area (Å²) in [6.45, 7) is 0. The van der Waals surface area contributed by atoms with Crippen molar-refractivity contribution in [1.29, 1.82) is 0 Å². The third-order valence-corrected chi connectivity index (χ3v) is 5.23. The van der Waals surface area contributed by atoms with Gasteiger partial charge < -0.3 is 5.32 Å². The maximum atomic E-state index is 12.6. The van der Waals surface area contributed by atoms with Crippen molar-refractivity contribution < 1.29 is 4.79 Å². The minimum absolute atomic E-state index is 0.126. The molecule has 3 aromatic carbocycles. The second kappa shape index (κ2) is 8.15. The first-order valence-corrected chi connectivity index (χ1v) is 10.1. The molecule has 2 N–H and O–H groups in total. The zero-order chi connectivity index (χ0) is 19.3. The number of fused-ring (bicyclic) bond motifs is 1. The van der Waals surface area contributed by atoms with Gasteiger partial charge in [-0.25, -0.2) is 0 Å². The highest BCUT2D eigenvalue weighted by Crippen LogP contribution is 2.22. The van der Waals surface area contributed by atoms with Gasteiger partial charge in [0, 0.05) is 21.5 Å². The topological polar surface area (TPSA) is 57.8 Å². The van der Waals surface area contributed by atoms with E-state index in [1.165, 1.54) is 0 Å². The van der Waals surface area contributed by atoms with Crippen LogP contribution < -0.4 is 5.32 Å². The molecule has 0 fully saturated rings. The van der Waals surface area contributed by atoms with Crippen molar-refractivity contribution in [3.8, 4) is 0 Å². The van der Waals surface area contributed by atoms with Gasteiger partial charge in [-0.1, -0.05) is 42.5 Å². The third-order valence-electron chi connectivity index (χ3n) is 4.48. The van der Waals surface area contributed by atoms with E-state index in [0.29, 0.717) is 5.56 Å². The van der Waals surface area contributed by atoms with E-state index in [0.717, 1.165) is 32.7 Å². The summed E-state index contributed by atoms with van der Waals surface area (Å²) in [4.78, 5) is 13.7. The lowest BCUT2D eigenvalue weighted by Crippen LogP contribution is -2.12. The Morgan fingerprint density at radius 1 is 0.964 bits per heavy atom.